The Morgan fingerprint density at radius 2 is 1.90 bits per heavy atom. The summed E-state index contributed by atoms with van der Waals surface area (Å²) in [5, 5.41) is 0. The van der Waals surface area contributed by atoms with Crippen molar-refractivity contribution in [2.24, 2.45) is 0 Å². The summed E-state index contributed by atoms with van der Waals surface area (Å²) in [5.74, 6) is 3.51. The first-order valence-corrected chi connectivity index (χ1v) is 10.1. The summed E-state index contributed by atoms with van der Waals surface area (Å²) in [4.78, 5) is 14.3. The Bertz CT molecular complexity index is 957. The molecule has 0 aromatic heterocycles. The number of Topliss-reactive ketones (excluding diaryl/α,β-unsaturated/α-hetero) is 1. The molecule has 4 rings (SSSR count). The van der Waals surface area contributed by atoms with E-state index in [0.717, 1.165) is 29.8 Å². The molecule has 30 heavy (non-hydrogen) atoms. The molecule has 0 bridgehead atoms. The van der Waals surface area contributed by atoms with Crippen molar-refractivity contribution in [2.75, 3.05) is 41.7 Å². The molecule has 0 amide bonds. The van der Waals surface area contributed by atoms with Crippen LogP contribution in [0.4, 0.5) is 0 Å². The number of quaternary nitrogens is 1. The number of benzene rings is 2. The lowest BCUT2D eigenvalue weighted by molar-refractivity contribution is -0.914. The van der Waals surface area contributed by atoms with Crippen molar-refractivity contribution in [3.63, 3.8) is 0 Å². The first-order chi connectivity index (χ1) is 14.5. The first kappa shape index (κ1) is 20.3. The Balaban J connectivity index is 1.59. The van der Waals surface area contributed by atoms with Crippen molar-refractivity contribution in [1.29, 1.82) is 0 Å². The second-order valence-corrected chi connectivity index (χ2v) is 7.72. The summed E-state index contributed by atoms with van der Waals surface area (Å²) in [6.45, 7) is 1.14. The number of likely N-dealkylation sites (N-methyl/N-ethyl adjacent to an activating group) is 1. The summed E-state index contributed by atoms with van der Waals surface area (Å²) in [6.07, 6.45) is 1.67. The molecule has 0 aliphatic carbocycles. The number of rotatable bonds is 7. The van der Waals surface area contributed by atoms with Crippen LogP contribution in [0.3, 0.4) is 0 Å². The van der Waals surface area contributed by atoms with E-state index in [1.807, 2.05) is 24.3 Å². The molecule has 0 spiro atoms. The maximum Gasteiger partial charge on any atom is 0.231 e. The molecular weight excluding hydrogens is 386 g/mol. The third-order valence-electron chi connectivity index (χ3n) is 5.96. The molecule has 2 aliphatic heterocycles. The van der Waals surface area contributed by atoms with Crippen LogP contribution < -0.4 is 28.6 Å². The van der Waals surface area contributed by atoms with E-state index in [9.17, 15) is 4.79 Å². The molecule has 1 unspecified atom stereocenters. The predicted octanol–water partition coefficient (Wildman–Crippen LogP) is 1.75. The van der Waals surface area contributed by atoms with Gasteiger partial charge in [0.2, 0.25) is 12.5 Å². The maximum absolute atomic E-state index is 13.0. The van der Waals surface area contributed by atoms with Crippen molar-refractivity contribution < 1.29 is 33.4 Å². The number of methoxy groups -OCH3 is 3. The van der Waals surface area contributed by atoms with Crippen molar-refractivity contribution in [2.45, 2.75) is 25.3 Å². The van der Waals surface area contributed by atoms with E-state index in [2.05, 4.69) is 7.05 Å². The zero-order valence-electron chi connectivity index (χ0n) is 17.9. The Hall–Kier alpha value is -2.93. The molecule has 2 heterocycles. The molecule has 0 radical (unpaired) electrons. The van der Waals surface area contributed by atoms with Gasteiger partial charge in [-0.05, 0) is 29.3 Å². The Morgan fingerprint density at radius 3 is 2.63 bits per heavy atom. The number of hydrogen-bond acceptors (Lipinski definition) is 6. The topological polar surface area (TPSA) is 67.7 Å². The van der Waals surface area contributed by atoms with E-state index in [1.54, 1.807) is 21.3 Å². The molecule has 0 saturated heterocycles. The zero-order valence-corrected chi connectivity index (χ0v) is 17.9. The molecule has 160 valence electrons. The van der Waals surface area contributed by atoms with Gasteiger partial charge in [0.25, 0.3) is 0 Å². The number of ketones is 1. The van der Waals surface area contributed by atoms with Gasteiger partial charge in [-0.15, -0.1) is 0 Å². The van der Waals surface area contributed by atoms with Crippen LogP contribution in [0.2, 0.25) is 0 Å². The van der Waals surface area contributed by atoms with Gasteiger partial charge in [0, 0.05) is 12.8 Å². The number of carbonyl (C=O) groups is 1. The van der Waals surface area contributed by atoms with Gasteiger partial charge < -0.3 is 28.6 Å². The highest BCUT2D eigenvalue weighted by Crippen LogP contribution is 2.47. The number of carbonyl (C=O) groups excluding carboxylic acids is 1. The normalized spacial score (nSPS) is 19.2. The third kappa shape index (κ3) is 3.65. The second-order valence-electron chi connectivity index (χ2n) is 7.72. The first-order valence-electron chi connectivity index (χ1n) is 10.1. The number of ether oxygens (including phenoxy) is 5. The average Bonchev–Trinajstić information content (AvgIpc) is 3.22. The fraction of sp³-hybridized carbons (Fsp3) is 0.435. The molecule has 2 aromatic rings. The molecule has 2 aliphatic rings. The zero-order chi connectivity index (χ0) is 21.3. The van der Waals surface area contributed by atoms with Crippen LogP contribution in [0.1, 0.15) is 29.2 Å². The van der Waals surface area contributed by atoms with Gasteiger partial charge in [0.05, 0.1) is 46.9 Å². The van der Waals surface area contributed by atoms with E-state index in [0.29, 0.717) is 35.8 Å². The molecule has 0 saturated carbocycles. The van der Waals surface area contributed by atoms with E-state index < -0.39 is 0 Å². The van der Waals surface area contributed by atoms with E-state index in [4.69, 9.17) is 23.7 Å². The SMILES string of the molecule is COc1ccc(CC(=O)C[C@@H]2c3c(cc4c(c3OC)OCO4)CC[NH+]2C)cc1OC. The van der Waals surface area contributed by atoms with Gasteiger partial charge in [0.15, 0.2) is 23.0 Å². The van der Waals surface area contributed by atoms with E-state index in [-0.39, 0.29) is 18.6 Å². The monoisotopic (exact) mass is 414 g/mol. The lowest BCUT2D eigenvalue weighted by Gasteiger charge is -2.32. The fourth-order valence-electron chi connectivity index (χ4n) is 4.42. The molecule has 0 fully saturated rings. The van der Waals surface area contributed by atoms with Gasteiger partial charge in [-0.1, -0.05) is 6.07 Å². The van der Waals surface area contributed by atoms with E-state index in [1.165, 1.54) is 10.5 Å². The van der Waals surface area contributed by atoms with Crippen molar-refractivity contribution >= 4 is 5.78 Å². The second kappa shape index (κ2) is 8.44. The highest BCUT2D eigenvalue weighted by atomic mass is 16.7. The molecule has 1 N–H and O–H groups in total. The van der Waals surface area contributed by atoms with Crippen LogP contribution in [0.25, 0.3) is 0 Å². The number of nitrogens with one attached hydrogen (secondary N) is 1. The molecule has 2 atom stereocenters. The van der Waals surface area contributed by atoms with Crippen LogP contribution in [0, 0.1) is 0 Å². The summed E-state index contributed by atoms with van der Waals surface area (Å²) in [6, 6.07) is 7.65. The largest absolute Gasteiger partial charge is 0.493 e. The van der Waals surface area contributed by atoms with Crippen molar-refractivity contribution in [3.05, 3.63) is 41.0 Å². The van der Waals surface area contributed by atoms with Gasteiger partial charge in [-0.3, -0.25) is 4.79 Å². The quantitative estimate of drug-likeness (QED) is 0.745. The average molecular weight is 414 g/mol. The van der Waals surface area contributed by atoms with Crippen LogP contribution in [-0.2, 0) is 17.6 Å². The fourth-order valence-corrected chi connectivity index (χ4v) is 4.42. The minimum atomic E-state index is 0.00541. The van der Waals surface area contributed by atoms with Crippen LogP contribution in [0.5, 0.6) is 28.7 Å². The summed E-state index contributed by atoms with van der Waals surface area (Å²) >= 11 is 0. The van der Waals surface area contributed by atoms with Gasteiger partial charge >= 0.3 is 0 Å². The van der Waals surface area contributed by atoms with E-state index >= 15 is 0 Å². The van der Waals surface area contributed by atoms with Crippen LogP contribution in [-0.4, -0.2) is 47.5 Å². The smallest absolute Gasteiger partial charge is 0.231 e. The minimum Gasteiger partial charge on any atom is -0.493 e. The molecule has 7 heteroatoms. The van der Waals surface area contributed by atoms with Crippen LogP contribution >= 0.6 is 0 Å². The summed E-state index contributed by atoms with van der Waals surface area (Å²) in [7, 11) is 6.96. The number of hydrogen-bond donors (Lipinski definition) is 1. The molecular formula is C23H28NO6+. The summed E-state index contributed by atoms with van der Waals surface area (Å²) < 4.78 is 27.6. The minimum absolute atomic E-state index is 0.00541. The highest BCUT2D eigenvalue weighted by Gasteiger charge is 2.37. The lowest BCUT2D eigenvalue weighted by atomic mass is 9.87. The Labute approximate surface area is 176 Å². The highest BCUT2D eigenvalue weighted by molar-refractivity contribution is 5.82. The van der Waals surface area contributed by atoms with Gasteiger partial charge in [0.1, 0.15) is 11.8 Å². The van der Waals surface area contributed by atoms with Gasteiger partial charge in [-0.2, -0.15) is 0 Å². The van der Waals surface area contributed by atoms with Gasteiger partial charge in [-0.25, -0.2) is 0 Å². The Kier molecular flexibility index (Phi) is 5.72. The lowest BCUT2D eigenvalue weighted by Crippen LogP contribution is -3.10. The Morgan fingerprint density at radius 1 is 1.10 bits per heavy atom. The standard InChI is InChI=1S/C23H27NO6/c1-24-8-7-15-11-20-22(30-13-29-20)23(28-4)21(15)17(24)12-16(25)9-14-5-6-18(26-2)19(10-14)27-3/h5-6,10-11,17H,7-9,12-13H2,1-4H3/p+1/t17-/m1/s1. The van der Waals surface area contributed by atoms with Crippen LogP contribution in [0.15, 0.2) is 24.3 Å². The van der Waals surface area contributed by atoms with Crippen molar-refractivity contribution in [3.8, 4) is 28.7 Å². The predicted molar refractivity (Wildman–Crippen MR) is 110 cm³/mol. The number of fused-ring (bicyclic) bond motifs is 2. The van der Waals surface area contributed by atoms with Crippen molar-refractivity contribution in [1.82, 2.24) is 0 Å². The maximum atomic E-state index is 13.0. The third-order valence-corrected chi connectivity index (χ3v) is 5.96. The molecule has 2 aromatic carbocycles. The summed E-state index contributed by atoms with van der Waals surface area (Å²) in [5.41, 5.74) is 3.14. The molecule has 7 nitrogen and oxygen atoms in total.